The molecule has 0 aliphatic carbocycles. The van der Waals surface area contributed by atoms with Crippen molar-refractivity contribution in [2.45, 2.75) is 6.42 Å². The van der Waals surface area contributed by atoms with E-state index < -0.39 is 0 Å². The number of alkyl halides is 1. The van der Waals surface area contributed by atoms with Crippen LogP contribution in [0.4, 0.5) is 0 Å². The summed E-state index contributed by atoms with van der Waals surface area (Å²) in [5.74, 6) is 0.0371. The molecule has 2 nitrogen and oxygen atoms in total. The molecule has 0 radical (unpaired) electrons. The van der Waals surface area contributed by atoms with Crippen LogP contribution in [0.1, 0.15) is 6.42 Å². The summed E-state index contributed by atoms with van der Waals surface area (Å²) in [4.78, 5) is 10.6. The zero-order valence-electron chi connectivity index (χ0n) is 5.03. The molecule has 0 aromatic carbocycles. The summed E-state index contributed by atoms with van der Waals surface area (Å²) in [6.45, 7) is 0. The van der Waals surface area contributed by atoms with Crippen LogP contribution in [0, 0.1) is 0 Å². The van der Waals surface area contributed by atoms with E-state index in [0.717, 1.165) is 5.54 Å². The van der Waals surface area contributed by atoms with Crippen molar-refractivity contribution in [3.8, 4) is 0 Å². The van der Waals surface area contributed by atoms with Crippen molar-refractivity contribution in [2.75, 3.05) is 5.88 Å². The van der Waals surface area contributed by atoms with Gasteiger partial charge in [0.15, 0.2) is 0 Å². The van der Waals surface area contributed by atoms with E-state index in [9.17, 15) is 4.79 Å². The van der Waals surface area contributed by atoms with Gasteiger partial charge in [-0.05, 0) is 0 Å². The monoisotopic (exact) mass is 201 g/mol. The van der Waals surface area contributed by atoms with Crippen LogP contribution in [0.2, 0.25) is 0 Å². The third-order valence-electron chi connectivity index (χ3n) is 0.676. The minimum Gasteiger partial charge on any atom is -0.316 e. The Hall–Kier alpha value is 0.0800. The fraction of sp³-hybridized carbons (Fsp3) is 0.400. The normalized spacial score (nSPS) is 11.3. The summed E-state index contributed by atoms with van der Waals surface area (Å²) in [5.41, 5.74) is 1.08. The smallest absolute Gasteiger partial charge is 0.226 e. The molecule has 0 aromatic heterocycles. The van der Waals surface area contributed by atoms with E-state index >= 15 is 0 Å². The summed E-state index contributed by atoms with van der Waals surface area (Å²) in [5, 5.41) is 2.41. The Bertz CT molecular complexity index is 146. The minimum atomic E-state index is -0.239. The summed E-state index contributed by atoms with van der Waals surface area (Å²) in [6, 6.07) is 0. The van der Waals surface area contributed by atoms with E-state index in [0.29, 0.717) is 0 Å². The fourth-order valence-electron chi connectivity index (χ4n) is 0.309. The predicted molar refractivity (Wildman–Crippen MR) is 43.3 cm³/mol. The van der Waals surface area contributed by atoms with Crippen molar-refractivity contribution in [2.24, 2.45) is 0 Å². The van der Waals surface area contributed by atoms with Crippen molar-refractivity contribution in [3.05, 3.63) is 10.7 Å². The van der Waals surface area contributed by atoms with Crippen molar-refractivity contribution in [1.29, 1.82) is 0 Å². The van der Waals surface area contributed by atoms with Gasteiger partial charge < -0.3 is 5.32 Å². The van der Waals surface area contributed by atoms with Crippen LogP contribution in [0.3, 0.4) is 0 Å². The molecule has 0 saturated heterocycles. The molecule has 0 rings (SSSR count). The first kappa shape index (κ1) is 10.1. The van der Waals surface area contributed by atoms with Crippen LogP contribution in [0.15, 0.2) is 10.7 Å². The molecule has 5 heteroatoms. The number of hydrogen-bond acceptors (Lipinski definition) is 1. The number of hydrogen-bond donors (Lipinski definition) is 1. The third-order valence-corrected chi connectivity index (χ3v) is 1.40. The van der Waals surface area contributed by atoms with Crippen LogP contribution in [-0.4, -0.2) is 11.8 Å². The Kier molecular flexibility index (Phi) is 5.88. The first-order chi connectivity index (χ1) is 4.70. The molecule has 0 aliphatic heterocycles. The first-order valence-corrected chi connectivity index (χ1v) is 3.87. The molecular formula is C5H6Cl3NO. The quantitative estimate of drug-likeness (QED) is 0.550. The molecule has 0 heterocycles. The van der Waals surface area contributed by atoms with Crippen molar-refractivity contribution >= 4 is 40.7 Å². The van der Waals surface area contributed by atoms with Gasteiger partial charge >= 0.3 is 0 Å². The van der Waals surface area contributed by atoms with Crippen LogP contribution >= 0.6 is 34.8 Å². The van der Waals surface area contributed by atoms with Gasteiger partial charge in [-0.25, -0.2) is 0 Å². The molecule has 0 fully saturated rings. The van der Waals surface area contributed by atoms with E-state index in [4.69, 9.17) is 34.8 Å². The lowest BCUT2D eigenvalue weighted by Gasteiger charge is -1.98. The topological polar surface area (TPSA) is 29.1 Å². The molecule has 1 N–H and O–H groups in total. The van der Waals surface area contributed by atoms with Gasteiger partial charge in [-0.2, -0.15) is 0 Å². The zero-order valence-corrected chi connectivity index (χ0v) is 7.30. The van der Waals surface area contributed by atoms with Gasteiger partial charge in [0.2, 0.25) is 5.91 Å². The lowest BCUT2D eigenvalue weighted by atomic mass is 10.4. The maximum atomic E-state index is 10.6. The standard InChI is InChI=1S/C5H6Cl3NO/c6-2-1-5(10)9-4(8)3-7/h3H,1-2H2,(H,9,10)/b4-3+. The summed E-state index contributed by atoms with van der Waals surface area (Å²) in [7, 11) is 0. The highest BCUT2D eigenvalue weighted by molar-refractivity contribution is 6.36. The summed E-state index contributed by atoms with van der Waals surface area (Å²) < 4.78 is 0. The molecule has 0 atom stereocenters. The minimum absolute atomic E-state index is 0.108. The molecule has 10 heavy (non-hydrogen) atoms. The Labute approximate surface area is 74.1 Å². The van der Waals surface area contributed by atoms with E-state index in [-0.39, 0.29) is 23.4 Å². The zero-order chi connectivity index (χ0) is 7.98. The molecule has 1 amide bonds. The summed E-state index contributed by atoms with van der Waals surface area (Å²) >= 11 is 15.8. The molecule has 0 bridgehead atoms. The fourth-order valence-corrected chi connectivity index (χ4v) is 0.640. The van der Waals surface area contributed by atoms with Crippen molar-refractivity contribution in [3.63, 3.8) is 0 Å². The number of nitrogens with one attached hydrogen (secondary N) is 1. The van der Waals surface area contributed by atoms with Gasteiger partial charge in [0, 0.05) is 17.8 Å². The average molecular weight is 202 g/mol. The number of carbonyl (C=O) groups is 1. The molecule has 58 valence electrons. The van der Waals surface area contributed by atoms with Crippen LogP contribution in [0.25, 0.3) is 0 Å². The third kappa shape index (κ3) is 4.91. The van der Waals surface area contributed by atoms with Gasteiger partial charge in [0.05, 0.1) is 0 Å². The van der Waals surface area contributed by atoms with Crippen molar-refractivity contribution < 1.29 is 4.79 Å². The number of carbonyl (C=O) groups excluding carboxylic acids is 1. The molecular weight excluding hydrogens is 196 g/mol. The Morgan fingerprint density at radius 2 is 2.20 bits per heavy atom. The van der Waals surface area contributed by atoms with Gasteiger partial charge in [0.25, 0.3) is 0 Å². The Morgan fingerprint density at radius 1 is 1.60 bits per heavy atom. The second-order valence-corrected chi connectivity index (χ2v) is 2.45. The Morgan fingerprint density at radius 3 is 2.60 bits per heavy atom. The molecule has 0 aliphatic rings. The number of rotatable bonds is 3. The number of halogens is 3. The molecule has 0 unspecified atom stereocenters. The highest BCUT2D eigenvalue weighted by Gasteiger charge is 1.99. The Balaban J connectivity index is 3.58. The van der Waals surface area contributed by atoms with E-state index in [2.05, 4.69) is 5.32 Å². The highest BCUT2D eigenvalue weighted by atomic mass is 35.5. The van der Waals surface area contributed by atoms with E-state index in [1.54, 1.807) is 0 Å². The molecule has 0 saturated carbocycles. The lowest BCUT2D eigenvalue weighted by Crippen LogP contribution is -2.19. The number of amides is 1. The second kappa shape index (κ2) is 5.83. The first-order valence-electron chi connectivity index (χ1n) is 2.52. The van der Waals surface area contributed by atoms with E-state index in [1.807, 2.05) is 0 Å². The maximum Gasteiger partial charge on any atom is 0.226 e. The van der Waals surface area contributed by atoms with Gasteiger partial charge in [0.1, 0.15) is 5.16 Å². The SMILES string of the molecule is O=C(CCCl)N/C(Cl)=C/Cl. The maximum absolute atomic E-state index is 10.6. The predicted octanol–water partition coefficient (Wildman–Crippen LogP) is 2.01. The van der Waals surface area contributed by atoms with Crippen LogP contribution < -0.4 is 5.32 Å². The largest absolute Gasteiger partial charge is 0.316 e. The van der Waals surface area contributed by atoms with Gasteiger partial charge in [-0.15, -0.1) is 11.6 Å². The lowest BCUT2D eigenvalue weighted by molar-refractivity contribution is -0.119. The summed E-state index contributed by atoms with van der Waals surface area (Å²) in [6.07, 6.45) is 0.239. The van der Waals surface area contributed by atoms with Crippen LogP contribution in [0.5, 0.6) is 0 Å². The highest BCUT2D eigenvalue weighted by Crippen LogP contribution is 1.98. The van der Waals surface area contributed by atoms with Crippen LogP contribution in [-0.2, 0) is 4.79 Å². The average Bonchev–Trinajstić information content (AvgIpc) is 1.88. The van der Waals surface area contributed by atoms with Gasteiger partial charge in [-0.3, -0.25) is 4.79 Å². The molecule has 0 spiro atoms. The van der Waals surface area contributed by atoms with Gasteiger partial charge in [-0.1, -0.05) is 23.2 Å². The molecule has 0 aromatic rings. The second-order valence-electron chi connectivity index (χ2n) is 1.44. The van der Waals surface area contributed by atoms with Crippen molar-refractivity contribution in [1.82, 2.24) is 5.32 Å². The van der Waals surface area contributed by atoms with E-state index in [1.165, 1.54) is 0 Å².